The van der Waals surface area contributed by atoms with Gasteiger partial charge in [0.05, 0.1) is 12.8 Å². The predicted octanol–water partition coefficient (Wildman–Crippen LogP) is 2.64. The molecule has 0 bridgehead atoms. The molecule has 20 heavy (non-hydrogen) atoms. The van der Waals surface area contributed by atoms with Crippen LogP contribution in [0.1, 0.15) is 31.1 Å². The molecule has 5 heteroatoms. The first-order valence-electron chi connectivity index (χ1n) is 7.08. The van der Waals surface area contributed by atoms with Gasteiger partial charge in [-0.05, 0) is 38.8 Å². The van der Waals surface area contributed by atoms with Crippen LogP contribution in [0.5, 0.6) is 0 Å². The van der Waals surface area contributed by atoms with Crippen molar-refractivity contribution in [2.24, 2.45) is 0 Å². The molecule has 0 saturated carbocycles. The Morgan fingerprint density at radius 2 is 2.35 bits per heavy atom. The standard InChI is InChI=1S/C15H21N3O2/c1-11-4-5-13(20-11)14-12(9-17-18-14)8-16-15(2)6-3-7-19-10-15/h4-5,9,16H,3,6-8,10H2,1-2H3,(H,17,18). The summed E-state index contributed by atoms with van der Waals surface area (Å²) in [6, 6.07) is 3.93. The summed E-state index contributed by atoms with van der Waals surface area (Å²) in [6.45, 7) is 6.55. The number of hydrogen-bond acceptors (Lipinski definition) is 4. The zero-order valence-electron chi connectivity index (χ0n) is 12.0. The SMILES string of the molecule is Cc1ccc(-c2[nH]ncc2CNC2(C)CCCOC2)o1. The summed E-state index contributed by atoms with van der Waals surface area (Å²) in [5.74, 6) is 1.74. The van der Waals surface area contributed by atoms with Crippen LogP contribution in [0.25, 0.3) is 11.5 Å². The minimum absolute atomic E-state index is 0.0475. The van der Waals surface area contributed by atoms with Crippen molar-refractivity contribution in [1.29, 1.82) is 0 Å². The van der Waals surface area contributed by atoms with Crippen LogP contribution < -0.4 is 5.32 Å². The average Bonchev–Trinajstić information content (AvgIpc) is 3.05. The lowest BCUT2D eigenvalue weighted by Crippen LogP contribution is -2.48. The number of hydrogen-bond donors (Lipinski definition) is 2. The van der Waals surface area contributed by atoms with E-state index in [1.54, 1.807) is 0 Å². The highest BCUT2D eigenvalue weighted by Crippen LogP contribution is 2.25. The van der Waals surface area contributed by atoms with Crippen LogP contribution in [0, 0.1) is 6.92 Å². The zero-order valence-corrected chi connectivity index (χ0v) is 12.0. The second kappa shape index (κ2) is 5.42. The molecule has 2 N–H and O–H groups in total. The van der Waals surface area contributed by atoms with E-state index in [0.717, 1.165) is 55.4 Å². The van der Waals surface area contributed by atoms with E-state index in [2.05, 4.69) is 22.4 Å². The molecule has 0 aliphatic carbocycles. The van der Waals surface area contributed by atoms with E-state index >= 15 is 0 Å². The molecule has 1 aliphatic rings. The van der Waals surface area contributed by atoms with E-state index in [9.17, 15) is 0 Å². The molecular weight excluding hydrogens is 254 g/mol. The maximum atomic E-state index is 5.66. The Balaban J connectivity index is 1.71. The van der Waals surface area contributed by atoms with E-state index in [4.69, 9.17) is 9.15 Å². The highest BCUT2D eigenvalue weighted by atomic mass is 16.5. The first-order chi connectivity index (χ1) is 9.66. The molecule has 0 radical (unpaired) electrons. The first-order valence-corrected chi connectivity index (χ1v) is 7.08. The number of aromatic nitrogens is 2. The van der Waals surface area contributed by atoms with Gasteiger partial charge in [-0.1, -0.05) is 0 Å². The van der Waals surface area contributed by atoms with Gasteiger partial charge in [-0.15, -0.1) is 0 Å². The van der Waals surface area contributed by atoms with E-state index in [1.807, 2.05) is 25.3 Å². The molecular formula is C15H21N3O2. The Bertz CT molecular complexity index is 567. The summed E-state index contributed by atoms with van der Waals surface area (Å²) in [4.78, 5) is 0. The van der Waals surface area contributed by atoms with Gasteiger partial charge in [-0.3, -0.25) is 5.10 Å². The maximum Gasteiger partial charge on any atom is 0.152 e. The number of H-pyrrole nitrogens is 1. The molecule has 1 unspecified atom stereocenters. The third-order valence-corrected chi connectivity index (χ3v) is 3.85. The highest BCUT2D eigenvalue weighted by Gasteiger charge is 2.27. The first kappa shape index (κ1) is 13.4. The van der Waals surface area contributed by atoms with Gasteiger partial charge in [0, 0.05) is 24.3 Å². The lowest BCUT2D eigenvalue weighted by Gasteiger charge is -2.34. The summed E-state index contributed by atoms with van der Waals surface area (Å²) in [7, 11) is 0. The molecule has 0 amide bonds. The van der Waals surface area contributed by atoms with Gasteiger partial charge in [0.2, 0.25) is 0 Å². The summed E-state index contributed by atoms with van der Waals surface area (Å²) in [5.41, 5.74) is 2.11. The molecule has 0 spiro atoms. The number of ether oxygens (including phenoxy) is 1. The third-order valence-electron chi connectivity index (χ3n) is 3.85. The minimum Gasteiger partial charge on any atom is -0.460 e. The molecule has 0 aromatic carbocycles. The van der Waals surface area contributed by atoms with Crippen LogP contribution in [0.3, 0.4) is 0 Å². The fourth-order valence-corrected chi connectivity index (χ4v) is 2.61. The van der Waals surface area contributed by atoms with E-state index < -0.39 is 0 Å². The van der Waals surface area contributed by atoms with E-state index in [1.165, 1.54) is 0 Å². The topological polar surface area (TPSA) is 63.1 Å². The van der Waals surface area contributed by atoms with Gasteiger partial charge in [-0.25, -0.2) is 0 Å². The Hall–Kier alpha value is -1.59. The number of nitrogens with zero attached hydrogens (tertiary/aromatic N) is 1. The van der Waals surface area contributed by atoms with Gasteiger partial charge in [-0.2, -0.15) is 5.10 Å². The Kier molecular flexibility index (Phi) is 3.63. The summed E-state index contributed by atoms with van der Waals surface area (Å²) in [5, 5.41) is 10.7. The van der Waals surface area contributed by atoms with Gasteiger partial charge in [0.25, 0.3) is 0 Å². The Labute approximate surface area is 118 Å². The minimum atomic E-state index is 0.0475. The van der Waals surface area contributed by atoms with E-state index in [0.29, 0.717) is 0 Å². The quantitative estimate of drug-likeness (QED) is 0.900. The second-order valence-electron chi connectivity index (χ2n) is 5.75. The van der Waals surface area contributed by atoms with Crippen molar-refractivity contribution in [2.45, 2.75) is 38.8 Å². The molecule has 108 valence electrons. The normalized spacial score (nSPS) is 23.1. The molecule has 3 rings (SSSR count). The van der Waals surface area contributed by atoms with Crippen molar-refractivity contribution in [2.75, 3.05) is 13.2 Å². The fraction of sp³-hybridized carbons (Fsp3) is 0.533. The van der Waals surface area contributed by atoms with Crippen LogP contribution in [-0.2, 0) is 11.3 Å². The molecule has 1 fully saturated rings. The van der Waals surface area contributed by atoms with E-state index in [-0.39, 0.29) is 5.54 Å². The number of aryl methyl sites for hydroxylation is 1. The van der Waals surface area contributed by atoms with Crippen molar-refractivity contribution in [3.63, 3.8) is 0 Å². The van der Waals surface area contributed by atoms with Gasteiger partial charge in [0.15, 0.2) is 5.76 Å². The Morgan fingerprint density at radius 1 is 1.45 bits per heavy atom. The van der Waals surface area contributed by atoms with Gasteiger partial charge < -0.3 is 14.5 Å². The lowest BCUT2D eigenvalue weighted by molar-refractivity contribution is 0.0278. The molecule has 1 atom stereocenters. The van der Waals surface area contributed by atoms with Crippen LogP contribution in [-0.4, -0.2) is 29.0 Å². The molecule has 1 saturated heterocycles. The summed E-state index contributed by atoms with van der Waals surface area (Å²) < 4.78 is 11.2. The van der Waals surface area contributed by atoms with Crippen molar-refractivity contribution >= 4 is 0 Å². The second-order valence-corrected chi connectivity index (χ2v) is 5.75. The third kappa shape index (κ3) is 2.78. The highest BCUT2D eigenvalue weighted by molar-refractivity contribution is 5.56. The van der Waals surface area contributed by atoms with Crippen LogP contribution in [0.4, 0.5) is 0 Å². The van der Waals surface area contributed by atoms with Crippen molar-refractivity contribution in [3.8, 4) is 11.5 Å². The predicted molar refractivity (Wildman–Crippen MR) is 76.3 cm³/mol. The van der Waals surface area contributed by atoms with Crippen molar-refractivity contribution in [3.05, 3.63) is 29.7 Å². The molecule has 2 aromatic heterocycles. The zero-order chi connectivity index (χ0) is 14.0. The molecule has 2 aromatic rings. The number of nitrogens with one attached hydrogen (secondary N) is 2. The van der Waals surface area contributed by atoms with Crippen LogP contribution in [0.2, 0.25) is 0 Å². The fourth-order valence-electron chi connectivity index (χ4n) is 2.61. The maximum absolute atomic E-state index is 5.66. The van der Waals surface area contributed by atoms with Crippen LogP contribution in [0.15, 0.2) is 22.7 Å². The molecule has 3 heterocycles. The number of furan rings is 1. The van der Waals surface area contributed by atoms with Crippen molar-refractivity contribution in [1.82, 2.24) is 15.5 Å². The van der Waals surface area contributed by atoms with Crippen LogP contribution >= 0.6 is 0 Å². The van der Waals surface area contributed by atoms with Gasteiger partial charge >= 0.3 is 0 Å². The monoisotopic (exact) mass is 275 g/mol. The largest absolute Gasteiger partial charge is 0.460 e. The number of aromatic amines is 1. The number of rotatable bonds is 4. The molecule has 1 aliphatic heterocycles. The summed E-state index contributed by atoms with van der Waals surface area (Å²) in [6.07, 6.45) is 4.10. The van der Waals surface area contributed by atoms with Gasteiger partial charge in [0.1, 0.15) is 11.5 Å². The van der Waals surface area contributed by atoms with Crippen molar-refractivity contribution < 1.29 is 9.15 Å². The summed E-state index contributed by atoms with van der Waals surface area (Å²) >= 11 is 0. The average molecular weight is 275 g/mol. The lowest BCUT2D eigenvalue weighted by atomic mass is 9.94. The smallest absolute Gasteiger partial charge is 0.152 e. The Morgan fingerprint density at radius 3 is 3.05 bits per heavy atom. The molecule has 5 nitrogen and oxygen atoms in total.